The predicted octanol–water partition coefficient (Wildman–Crippen LogP) is 0.0602. The van der Waals surface area contributed by atoms with Crippen molar-refractivity contribution in [3.05, 3.63) is 36.0 Å². The number of aliphatic carboxylic acids is 1. The molecule has 0 saturated carbocycles. The molecular formula is C25H36N6O5S. The second-order valence-corrected chi connectivity index (χ2v) is 9.57. The van der Waals surface area contributed by atoms with E-state index >= 15 is 0 Å². The lowest BCUT2D eigenvalue weighted by molar-refractivity contribution is -0.142. The van der Waals surface area contributed by atoms with Crippen molar-refractivity contribution >= 4 is 47.2 Å². The van der Waals surface area contributed by atoms with Crippen LogP contribution in [-0.2, 0) is 25.6 Å². The Labute approximate surface area is 221 Å². The molecule has 3 amide bonds. The summed E-state index contributed by atoms with van der Waals surface area (Å²) >= 11 is 4.19. The van der Waals surface area contributed by atoms with Crippen LogP contribution < -0.4 is 27.0 Å². The van der Waals surface area contributed by atoms with Gasteiger partial charge in [0, 0.05) is 29.3 Å². The number of hydrogen-bond acceptors (Lipinski definition) is 7. The van der Waals surface area contributed by atoms with Crippen molar-refractivity contribution < 1.29 is 24.3 Å². The van der Waals surface area contributed by atoms with Crippen LogP contribution in [0.4, 0.5) is 0 Å². The number of thiol groups is 1. The Kier molecular flexibility index (Phi) is 10.8. The molecule has 0 radical (unpaired) electrons. The molecule has 1 saturated heterocycles. The highest BCUT2D eigenvalue weighted by Gasteiger charge is 2.31. The molecule has 4 unspecified atom stereocenters. The molecular weight excluding hydrogens is 496 g/mol. The summed E-state index contributed by atoms with van der Waals surface area (Å²) in [7, 11) is 0. The zero-order chi connectivity index (χ0) is 26.8. The van der Waals surface area contributed by atoms with Crippen LogP contribution in [0.3, 0.4) is 0 Å². The minimum Gasteiger partial charge on any atom is -0.480 e. The number of carboxylic acids is 1. The van der Waals surface area contributed by atoms with Crippen LogP contribution in [0.2, 0.25) is 0 Å². The van der Waals surface area contributed by atoms with E-state index in [0.717, 1.165) is 29.4 Å². The molecule has 1 aliphatic rings. The van der Waals surface area contributed by atoms with Gasteiger partial charge >= 0.3 is 5.97 Å². The van der Waals surface area contributed by atoms with Gasteiger partial charge in [0.25, 0.3) is 0 Å². The van der Waals surface area contributed by atoms with Crippen LogP contribution in [0.5, 0.6) is 0 Å². The highest BCUT2D eigenvalue weighted by Crippen LogP contribution is 2.19. The Morgan fingerprint density at radius 1 is 1.05 bits per heavy atom. The van der Waals surface area contributed by atoms with Gasteiger partial charge < -0.3 is 37.1 Å². The molecule has 12 heteroatoms. The highest BCUT2D eigenvalue weighted by molar-refractivity contribution is 7.80. The van der Waals surface area contributed by atoms with E-state index < -0.39 is 35.9 Å². The number of amides is 3. The maximum atomic E-state index is 13.1. The molecule has 37 heavy (non-hydrogen) atoms. The number of benzene rings is 1. The van der Waals surface area contributed by atoms with Gasteiger partial charge in [0.15, 0.2) is 0 Å². The Morgan fingerprint density at radius 2 is 1.78 bits per heavy atom. The van der Waals surface area contributed by atoms with E-state index in [0.29, 0.717) is 32.2 Å². The SMILES string of the molecule is NCCCCC(NC(=O)C1CCCN1)C(=O)NC(CS)C(=O)NC(Cc1c[nH]c2ccccc12)C(=O)O. The summed E-state index contributed by atoms with van der Waals surface area (Å²) in [4.78, 5) is 53.7. The monoisotopic (exact) mass is 532 g/mol. The highest BCUT2D eigenvalue weighted by atomic mass is 32.1. The summed E-state index contributed by atoms with van der Waals surface area (Å²) in [6, 6.07) is 3.98. The third-order valence-electron chi connectivity index (χ3n) is 6.49. The van der Waals surface area contributed by atoms with E-state index in [1.807, 2.05) is 24.3 Å². The van der Waals surface area contributed by atoms with Gasteiger partial charge in [-0.3, -0.25) is 14.4 Å². The van der Waals surface area contributed by atoms with Gasteiger partial charge in [0.1, 0.15) is 18.1 Å². The predicted molar refractivity (Wildman–Crippen MR) is 143 cm³/mol. The van der Waals surface area contributed by atoms with E-state index in [-0.39, 0.29) is 24.1 Å². The van der Waals surface area contributed by atoms with E-state index in [4.69, 9.17) is 5.73 Å². The van der Waals surface area contributed by atoms with Crippen molar-refractivity contribution in [2.24, 2.45) is 5.73 Å². The lowest BCUT2D eigenvalue weighted by Crippen LogP contribution is -2.57. The number of nitrogens with two attached hydrogens (primary N) is 1. The molecule has 2 aromatic rings. The molecule has 202 valence electrons. The number of rotatable bonds is 14. The van der Waals surface area contributed by atoms with Crippen molar-refractivity contribution in [1.29, 1.82) is 0 Å². The van der Waals surface area contributed by atoms with Crippen LogP contribution in [0.1, 0.15) is 37.7 Å². The number of carbonyl (C=O) groups is 4. The molecule has 0 aliphatic carbocycles. The summed E-state index contributed by atoms with van der Waals surface area (Å²) in [5, 5.41) is 21.7. The number of nitrogens with one attached hydrogen (secondary N) is 5. The van der Waals surface area contributed by atoms with E-state index in [2.05, 4.69) is 38.9 Å². The average Bonchev–Trinajstić information content (AvgIpc) is 3.57. The Hall–Kier alpha value is -3.09. The molecule has 1 fully saturated rings. The van der Waals surface area contributed by atoms with Gasteiger partial charge in [-0.2, -0.15) is 12.6 Å². The molecule has 11 nitrogen and oxygen atoms in total. The van der Waals surface area contributed by atoms with Gasteiger partial charge in [0.05, 0.1) is 6.04 Å². The number of H-pyrrole nitrogens is 1. The van der Waals surface area contributed by atoms with Crippen molar-refractivity contribution in [3.63, 3.8) is 0 Å². The normalized spacial score (nSPS) is 17.6. The lowest BCUT2D eigenvalue weighted by Gasteiger charge is -2.24. The topological polar surface area (TPSA) is 178 Å². The van der Waals surface area contributed by atoms with Crippen LogP contribution >= 0.6 is 12.6 Å². The summed E-state index contributed by atoms with van der Waals surface area (Å²) in [5.74, 6) is -2.70. The van der Waals surface area contributed by atoms with Crippen LogP contribution in [0, 0.1) is 0 Å². The Balaban J connectivity index is 1.64. The minimum atomic E-state index is -1.21. The molecule has 3 rings (SSSR count). The van der Waals surface area contributed by atoms with Crippen LogP contribution in [0.25, 0.3) is 10.9 Å². The number of unbranched alkanes of at least 4 members (excludes halogenated alkanes) is 1. The van der Waals surface area contributed by atoms with Crippen molar-refractivity contribution in [2.75, 3.05) is 18.8 Å². The minimum absolute atomic E-state index is 0.0509. The van der Waals surface area contributed by atoms with Crippen molar-refractivity contribution in [1.82, 2.24) is 26.3 Å². The van der Waals surface area contributed by atoms with Crippen LogP contribution in [-0.4, -0.2) is 76.8 Å². The summed E-state index contributed by atoms with van der Waals surface area (Å²) < 4.78 is 0. The first-order chi connectivity index (χ1) is 17.8. The van der Waals surface area contributed by atoms with Crippen LogP contribution in [0.15, 0.2) is 30.5 Å². The first-order valence-corrected chi connectivity index (χ1v) is 13.2. The number of carbonyl (C=O) groups excluding carboxylic acids is 3. The number of para-hydroxylation sites is 1. The van der Waals surface area contributed by atoms with Gasteiger partial charge in [-0.05, 0) is 56.8 Å². The number of fused-ring (bicyclic) bond motifs is 1. The molecule has 1 aromatic carbocycles. The zero-order valence-corrected chi connectivity index (χ0v) is 21.6. The van der Waals surface area contributed by atoms with E-state index in [1.165, 1.54) is 0 Å². The number of carboxylic acid groups (broad SMARTS) is 1. The average molecular weight is 533 g/mol. The largest absolute Gasteiger partial charge is 0.480 e. The lowest BCUT2D eigenvalue weighted by atomic mass is 10.0. The second-order valence-electron chi connectivity index (χ2n) is 9.20. The molecule has 0 spiro atoms. The van der Waals surface area contributed by atoms with Gasteiger partial charge in [-0.15, -0.1) is 0 Å². The van der Waals surface area contributed by atoms with Crippen molar-refractivity contribution in [3.8, 4) is 0 Å². The third-order valence-corrected chi connectivity index (χ3v) is 6.85. The first kappa shape index (κ1) is 28.5. The van der Waals surface area contributed by atoms with E-state index in [1.54, 1.807) is 6.20 Å². The van der Waals surface area contributed by atoms with E-state index in [9.17, 15) is 24.3 Å². The number of hydrogen-bond donors (Lipinski definition) is 8. The standard InChI is InChI=1S/C25H36N6O5S/c26-10-4-3-8-19(29-22(32)18-9-5-11-27-18)23(33)31-21(14-37)24(34)30-20(25(35)36)12-15-13-28-17-7-2-1-6-16(15)17/h1-2,6-7,13,18-21,27-28,37H,3-5,8-12,14,26H2,(H,29,32)(H,30,34)(H,31,33)(H,35,36). The summed E-state index contributed by atoms with van der Waals surface area (Å²) in [6.07, 6.45) is 5.02. The number of aromatic nitrogens is 1. The molecule has 4 atom stereocenters. The maximum absolute atomic E-state index is 13.1. The summed E-state index contributed by atoms with van der Waals surface area (Å²) in [6.45, 7) is 1.20. The third kappa shape index (κ3) is 7.94. The molecule has 2 heterocycles. The smallest absolute Gasteiger partial charge is 0.326 e. The molecule has 1 aromatic heterocycles. The molecule has 8 N–H and O–H groups in total. The zero-order valence-electron chi connectivity index (χ0n) is 20.7. The fourth-order valence-corrected chi connectivity index (χ4v) is 4.66. The van der Waals surface area contributed by atoms with Crippen molar-refractivity contribution in [2.45, 2.75) is 62.7 Å². The Bertz CT molecular complexity index is 1090. The fourth-order valence-electron chi connectivity index (χ4n) is 4.40. The van der Waals surface area contributed by atoms with Gasteiger partial charge in [-0.1, -0.05) is 18.2 Å². The maximum Gasteiger partial charge on any atom is 0.326 e. The second kappa shape index (κ2) is 14.0. The fraction of sp³-hybridized carbons (Fsp3) is 0.520. The number of aromatic amines is 1. The molecule has 0 bridgehead atoms. The van der Waals surface area contributed by atoms with Gasteiger partial charge in [0.2, 0.25) is 17.7 Å². The van der Waals surface area contributed by atoms with Gasteiger partial charge in [-0.25, -0.2) is 4.79 Å². The first-order valence-electron chi connectivity index (χ1n) is 12.6. The summed E-state index contributed by atoms with van der Waals surface area (Å²) in [5.41, 5.74) is 7.19. The molecule has 1 aliphatic heterocycles. The quantitative estimate of drug-likeness (QED) is 0.125. The Morgan fingerprint density at radius 3 is 2.46 bits per heavy atom.